The number of rotatable bonds is 5. The summed E-state index contributed by atoms with van der Waals surface area (Å²) in [5.74, 6) is -2.26. The largest absolute Gasteiger partial charge is 0.475 e. The lowest BCUT2D eigenvalue weighted by Crippen LogP contribution is -2.63. The van der Waals surface area contributed by atoms with Gasteiger partial charge in [-0.15, -0.1) is 0 Å². The van der Waals surface area contributed by atoms with Crippen LogP contribution in [-0.2, 0) is 33.6 Å². The van der Waals surface area contributed by atoms with Crippen LogP contribution in [-0.4, -0.2) is 88.5 Å². The minimum absolute atomic E-state index is 0.714. The summed E-state index contributed by atoms with van der Waals surface area (Å²) in [6.07, 6.45) is -10.2. The Morgan fingerprint density at radius 2 is 1.88 bits per heavy atom. The molecule has 0 bridgehead atoms. The second kappa shape index (κ2) is 7.71. The average Bonchev–Trinajstić information content (AvgIpc) is 2.50. The van der Waals surface area contributed by atoms with Gasteiger partial charge >= 0.3 is 16.4 Å². The van der Waals surface area contributed by atoms with Crippen molar-refractivity contribution >= 4 is 16.4 Å². The summed E-state index contributed by atoms with van der Waals surface area (Å²) in [5, 5.41) is 38.2. The molecule has 0 aromatic rings. The van der Waals surface area contributed by atoms with Gasteiger partial charge in [0.25, 0.3) is 0 Å². The van der Waals surface area contributed by atoms with Crippen LogP contribution >= 0.6 is 0 Å². The van der Waals surface area contributed by atoms with Crippen LogP contribution in [0.5, 0.6) is 0 Å². The molecule has 2 rings (SSSR count). The zero-order valence-electron chi connectivity index (χ0n) is 13.3. The zero-order chi connectivity index (χ0) is 19.8. The van der Waals surface area contributed by atoms with E-state index in [1.165, 1.54) is 6.92 Å². The highest BCUT2D eigenvalue weighted by molar-refractivity contribution is 7.80. The molecule has 13 nitrogen and oxygen atoms in total. The Kier molecular flexibility index (Phi) is 6.21. The molecule has 2 aliphatic heterocycles. The minimum Gasteiger partial charge on any atom is -0.475 e. The Balaban J connectivity index is 2.25. The smallest absolute Gasteiger partial charge is 0.397 e. The van der Waals surface area contributed by atoms with Crippen molar-refractivity contribution < 1.29 is 56.6 Å². The van der Waals surface area contributed by atoms with Crippen molar-refractivity contribution in [1.82, 2.24) is 0 Å². The molecule has 1 fully saturated rings. The van der Waals surface area contributed by atoms with Crippen LogP contribution in [0.4, 0.5) is 0 Å². The molecule has 26 heavy (non-hydrogen) atoms. The maximum absolute atomic E-state index is 11.0. The fraction of sp³-hybridized carbons (Fsp3) is 0.750. The SMILES string of the molecule is CC1OC(O)[C@@H](N)C(OS(=O)(=O)O)[C@@H]1O[C@@H]1OC(C(=O)O)=CC(O)[C@@H]1O. The third kappa shape index (κ3) is 4.67. The van der Waals surface area contributed by atoms with Gasteiger partial charge in [-0.3, -0.25) is 4.55 Å². The van der Waals surface area contributed by atoms with Crippen molar-refractivity contribution in [3.63, 3.8) is 0 Å². The molecule has 2 heterocycles. The highest BCUT2D eigenvalue weighted by Crippen LogP contribution is 2.29. The molecule has 0 amide bonds. The normalized spacial score (nSPS) is 41.2. The second-order valence-electron chi connectivity index (χ2n) is 5.70. The number of carboxylic acid groups (broad SMARTS) is 1. The van der Waals surface area contributed by atoms with Crippen molar-refractivity contribution in [1.29, 1.82) is 0 Å². The molecule has 14 heteroatoms. The van der Waals surface area contributed by atoms with Crippen LogP contribution in [0.1, 0.15) is 6.92 Å². The van der Waals surface area contributed by atoms with Gasteiger partial charge in [0, 0.05) is 0 Å². The Bertz CT molecular complexity index is 665. The molecule has 0 aromatic carbocycles. The standard InChI is InChI=1S/C12H19NO12S/c1-3-8(9(25-26(19,20)21)6(13)11(18)22-3)24-12-7(15)4(14)2-5(23-12)10(16)17/h2-4,6-9,11-12,14-15,18H,13H2,1H3,(H,16,17)(H,19,20,21)/t3?,4?,6-,7-,8+,9?,11?,12-/m0/s1. The highest BCUT2D eigenvalue weighted by atomic mass is 32.3. The van der Waals surface area contributed by atoms with E-state index in [4.69, 9.17) is 29.6 Å². The first-order chi connectivity index (χ1) is 11.9. The summed E-state index contributed by atoms with van der Waals surface area (Å²) >= 11 is 0. The van der Waals surface area contributed by atoms with E-state index < -0.39 is 71.3 Å². The first-order valence-corrected chi connectivity index (χ1v) is 8.65. The molecule has 8 atom stereocenters. The predicted molar refractivity (Wildman–Crippen MR) is 78.4 cm³/mol. The average molecular weight is 401 g/mol. The monoisotopic (exact) mass is 401 g/mol. The quantitative estimate of drug-likeness (QED) is 0.249. The van der Waals surface area contributed by atoms with Crippen LogP contribution in [0.3, 0.4) is 0 Å². The van der Waals surface area contributed by atoms with Crippen LogP contribution in [0.15, 0.2) is 11.8 Å². The van der Waals surface area contributed by atoms with E-state index in [2.05, 4.69) is 4.18 Å². The van der Waals surface area contributed by atoms with E-state index in [9.17, 15) is 28.5 Å². The van der Waals surface area contributed by atoms with Gasteiger partial charge in [-0.2, -0.15) is 8.42 Å². The van der Waals surface area contributed by atoms with E-state index in [1.54, 1.807) is 0 Å². The number of carboxylic acids is 1. The Labute approximate surface area is 147 Å². The van der Waals surface area contributed by atoms with Crippen molar-refractivity contribution in [3.8, 4) is 0 Å². The van der Waals surface area contributed by atoms with Gasteiger partial charge in [-0.1, -0.05) is 0 Å². The number of aliphatic hydroxyl groups excluding tert-OH is 3. The van der Waals surface area contributed by atoms with E-state index in [0.29, 0.717) is 0 Å². The van der Waals surface area contributed by atoms with E-state index in [1.807, 2.05) is 0 Å². The fourth-order valence-corrected chi connectivity index (χ4v) is 3.04. The van der Waals surface area contributed by atoms with Crippen molar-refractivity contribution in [2.75, 3.05) is 0 Å². The maximum Gasteiger partial charge on any atom is 0.397 e. The Morgan fingerprint density at radius 3 is 2.42 bits per heavy atom. The topological polar surface area (TPSA) is 215 Å². The summed E-state index contributed by atoms with van der Waals surface area (Å²) in [4.78, 5) is 11.0. The summed E-state index contributed by atoms with van der Waals surface area (Å²) in [5.41, 5.74) is 5.61. The van der Waals surface area contributed by atoms with Crippen LogP contribution < -0.4 is 5.73 Å². The lowest BCUT2D eigenvalue weighted by atomic mass is 9.98. The second-order valence-corrected chi connectivity index (χ2v) is 6.75. The van der Waals surface area contributed by atoms with Crippen LogP contribution in [0.2, 0.25) is 0 Å². The molecule has 0 radical (unpaired) electrons. The minimum atomic E-state index is -5.01. The van der Waals surface area contributed by atoms with E-state index in [-0.39, 0.29) is 0 Å². The van der Waals surface area contributed by atoms with Crippen LogP contribution in [0.25, 0.3) is 0 Å². The summed E-state index contributed by atoms with van der Waals surface area (Å²) < 4.78 is 50.7. The Morgan fingerprint density at radius 1 is 1.27 bits per heavy atom. The van der Waals surface area contributed by atoms with E-state index in [0.717, 1.165) is 6.08 Å². The highest BCUT2D eigenvalue weighted by Gasteiger charge is 2.48. The van der Waals surface area contributed by atoms with Gasteiger partial charge in [0.1, 0.15) is 24.4 Å². The Hall–Kier alpha value is -1.36. The van der Waals surface area contributed by atoms with E-state index >= 15 is 0 Å². The van der Waals surface area contributed by atoms with Gasteiger partial charge in [0.15, 0.2) is 6.29 Å². The third-order valence-electron chi connectivity index (χ3n) is 3.78. The molecular formula is C12H19NO12S. The molecule has 1 saturated heterocycles. The molecule has 0 aliphatic carbocycles. The molecule has 150 valence electrons. The van der Waals surface area contributed by atoms with Gasteiger partial charge in [0.2, 0.25) is 12.0 Å². The van der Waals surface area contributed by atoms with Gasteiger partial charge in [-0.25, -0.2) is 8.98 Å². The lowest BCUT2D eigenvalue weighted by molar-refractivity contribution is -0.294. The van der Waals surface area contributed by atoms with Crippen LogP contribution in [0, 0.1) is 0 Å². The van der Waals surface area contributed by atoms with Crippen molar-refractivity contribution in [2.45, 2.75) is 56.1 Å². The van der Waals surface area contributed by atoms with Gasteiger partial charge in [-0.05, 0) is 13.0 Å². The predicted octanol–water partition coefficient (Wildman–Crippen LogP) is -3.33. The van der Waals surface area contributed by atoms with Gasteiger partial charge in [0.05, 0.1) is 12.1 Å². The first kappa shape index (κ1) is 20.9. The fourth-order valence-electron chi connectivity index (χ4n) is 2.52. The lowest BCUT2D eigenvalue weighted by Gasteiger charge is -2.43. The molecule has 7 N–H and O–H groups in total. The summed E-state index contributed by atoms with van der Waals surface area (Å²) in [6.45, 7) is 1.33. The van der Waals surface area contributed by atoms with Gasteiger partial charge < -0.3 is 40.4 Å². The molecule has 0 spiro atoms. The maximum atomic E-state index is 11.0. The first-order valence-electron chi connectivity index (χ1n) is 7.29. The number of hydrogen-bond acceptors (Lipinski definition) is 11. The number of nitrogens with two attached hydrogens (primary N) is 1. The molecule has 0 aromatic heterocycles. The third-order valence-corrected chi connectivity index (χ3v) is 4.24. The number of aliphatic hydroxyl groups is 3. The van der Waals surface area contributed by atoms with Crippen molar-refractivity contribution in [2.24, 2.45) is 5.73 Å². The summed E-state index contributed by atoms with van der Waals surface area (Å²) in [7, 11) is -5.01. The number of ether oxygens (including phenoxy) is 3. The molecular weight excluding hydrogens is 382 g/mol. The zero-order valence-corrected chi connectivity index (χ0v) is 14.1. The number of hydrogen-bond donors (Lipinski definition) is 6. The summed E-state index contributed by atoms with van der Waals surface area (Å²) in [6, 6.07) is -1.49. The number of aliphatic carboxylic acids is 1. The molecule has 0 saturated carbocycles. The van der Waals surface area contributed by atoms with Crippen molar-refractivity contribution in [3.05, 3.63) is 11.8 Å². The molecule has 4 unspecified atom stereocenters. The number of carbonyl (C=O) groups is 1. The molecule has 2 aliphatic rings.